The Morgan fingerprint density at radius 2 is 2.11 bits per heavy atom. The summed E-state index contributed by atoms with van der Waals surface area (Å²) in [6.45, 7) is 0. The molecular weight excluding hydrogens is 246 g/mol. The molecule has 0 spiro atoms. The van der Waals surface area contributed by atoms with Crippen LogP contribution >= 0.6 is 0 Å². The fourth-order valence-corrected chi connectivity index (χ4v) is 2.51. The molecule has 19 heavy (non-hydrogen) atoms. The summed E-state index contributed by atoms with van der Waals surface area (Å²) in [6.07, 6.45) is 4.31. The molecule has 0 aromatic heterocycles. The second-order valence-corrected chi connectivity index (χ2v) is 4.85. The van der Waals surface area contributed by atoms with Gasteiger partial charge in [-0.3, -0.25) is 10.1 Å². The van der Waals surface area contributed by atoms with Crippen LogP contribution in [-0.2, 0) is 4.79 Å². The van der Waals surface area contributed by atoms with Crippen molar-refractivity contribution >= 4 is 5.97 Å². The fourth-order valence-electron chi connectivity index (χ4n) is 2.51. The zero-order chi connectivity index (χ0) is 13.8. The van der Waals surface area contributed by atoms with E-state index in [0.717, 1.165) is 25.7 Å². The zero-order valence-electron chi connectivity index (χ0n) is 10.9. The van der Waals surface area contributed by atoms with Gasteiger partial charge in [-0.25, -0.2) is 0 Å². The van der Waals surface area contributed by atoms with Gasteiger partial charge in [0.25, 0.3) is 0 Å². The number of hydrogen-bond acceptors (Lipinski definition) is 4. The predicted molar refractivity (Wildman–Crippen MR) is 70.4 cm³/mol. The third-order valence-electron chi connectivity index (χ3n) is 3.54. The summed E-state index contributed by atoms with van der Waals surface area (Å²) in [5.41, 5.74) is 0.592. The van der Waals surface area contributed by atoms with Crippen LogP contribution in [0.2, 0.25) is 0 Å². The second-order valence-electron chi connectivity index (χ2n) is 4.85. The van der Waals surface area contributed by atoms with Crippen molar-refractivity contribution in [2.24, 2.45) is 0 Å². The van der Waals surface area contributed by atoms with Gasteiger partial charge in [-0.2, -0.15) is 0 Å². The number of phenolic OH excluding ortho intramolecular Hbond substituents is 1. The fraction of sp³-hybridized carbons (Fsp3) is 0.500. The van der Waals surface area contributed by atoms with E-state index in [1.165, 1.54) is 13.2 Å². The Labute approximate surface area is 112 Å². The van der Waals surface area contributed by atoms with E-state index in [2.05, 4.69) is 5.32 Å². The summed E-state index contributed by atoms with van der Waals surface area (Å²) in [5.74, 6) is -0.618. The average molecular weight is 265 g/mol. The molecule has 1 aromatic carbocycles. The quantitative estimate of drug-likeness (QED) is 0.759. The molecule has 0 saturated heterocycles. The third-order valence-corrected chi connectivity index (χ3v) is 3.54. The SMILES string of the molecule is COc1cc(C(NC2CCCC2)C(=O)O)ccc1O. The first-order chi connectivity index (χ1) is 9.11. The largest absolute Gasteiger partial charge is 0.504 e. The highest BCUT2D eigenvalue weighted by molar-refractivity contribution is 5.76. The number of nitrogens with one attached hydrogen (secondary N) is 1. The highest BCUT2D eigenvalue weighted by Gasteiger charge is 2.25. The molecule has 0 amide bonds. The zero-order valence-corrected chi connectivity index (χ0v) is 10.9. The van der Waals surface area contributed by atoms with Crippen molar-refractivity contribution in [3.63, 3.8) is 0 Å². The Hall–Kier alpha value is -1.75. The summed E-state index contributed by atoms with van der Waals surface area (Å²) in [6, 6.07) is 4.12. The minimum Gasteiger partial charge on any atom is -0.504 e. The highest BCUT2D eigenvalue weighted by Crippen LogP contribution is 2.30. The van der Waals surface area contributed by atoms with Crippen LogP contribution in [0.15, 0.2) is 18.2 Å². The molecule has 1 saturated carbocycles. The van der Waals surface area contributed by atoms with Crippen LogP contribution < -0.4 is 10.1 Å². The third kappa shape index (κ3) is 3.17. The molecule has 1 unspecified atom stereocenters. The number of methoxy groups -OCH3 is 1. The topological polar surface area (TPSA) is 78.8 Å². The van der Waals surface area contributed by atoms with Crippen molar-refractivity contribution < 1.29 is 19.7 Å². The van der Waals surface area contributed by atoms with Gasteiger partial charge in [0.05, 0.1) is 7.11 Å². The lowest BCUT2D eigenvalue weighted by atomic mass is 10.0. The summed E-state index contributed by atoms with van der Waals surface area (Å²) < 4.78 is 5.01. The molecule has 5 heteroatoms. The first kappa shape index (κ1) is 13.7. The lowest BCUT2D eigenvalue weighted by Gasteiger charge is -2.20. The lowest BCUT2D eigenvalue weighted by Crippen LogP contribution is -2.35. The number of ether oxygens (including phenoxy) is 1. The number of aliphatic carboxylic acids is 1. The molecule has 2 rings (SSSR count). The molecular formula is C14H19NO4. The first-order valence-electron chi connectivity index (χ1n) is 6.47. The lowest BCUT2D eigenvalue weighted by molar-refractivity contribution is -0.139. The maximum atomic E-state index is 11.4. The van der Waals surface area contributed by atoms with Crippen molar-refractivity contribution in [3.8, 4) is 11.5 Å². The van der Waals surface area contributed by atoms with Crippen LogP contribution in [0.4, 0.5) is 0 Å². The van der Waals surface area contributed by atoms with Crippen LogP contribution in [-0.4, -0.2) is 29.3 Å². The van der Waals surface area contributed by atoms with Gasteiger partial charge >= 0.3 is 5.97 Å². The van der Waals surface area contributed by atoms with Crippen molar-refractivity contribution in [1.82, 2.24) is 5.32 Å². The molecule has 0 bridgehead atoms. The van der Waals surface area contributed by atoms with E-state index < -0.39 is 12.0 Å². The molecule has 0 radical (unpaired) electrons. The molecule has 1 aromatic rings. The van der Waals surface area contributed by atoms with Gasteiger partial charge in [0.2, 0.25) is 0 Å². The number of carboxylic acid groups (broad SMARTS) is 1. The second kappa shape index (κ2) is 5.93. The van der Waals surface area contributed by atoms with E-state index in [1.54, 1.807) is 12.1 Å². The van der Waals surface area contributed by atoms with E-state index in [1.807, 2.05) is 0 Å². The normalized spacial score (nSPS) is 17.3. The number of carbonyl (C=O) groups is 1. The monoisotopic (exact) mass is 265 g/mol. The minimum atomic E-state index is -0.917. The number of phenols is 1. The molecule has 3 N–H and O–H groups in total. The maximum Gasteiger partial charge on any atom is 0.325 e. The Morgan fingerprint density at radius 3 is 2.68 bits per heavy atom. The molecule has 1 aliphatic rings. The van der Waals surface area contributed by atoms with Crippen LogP contribution in [0.3, 0.4) is 0 Å². The molecule has 5 nitrogen and oxygen atoms in total. The van der Waals surface area contributed by atoms with E-state index in [9.17, 15) is 15.0 Å². The number of rotatable bonds is 5. The average Bonchev–Trinajstić information content (AvgIpc) is 2.89. The number of benzene rings is 1. The number of hydrogen-bond donors (Lipinski definition) is 3. The van der Waals surface area contributed by atoms with Gasteiger partial charge < -0.3 is 14.9 Å². The summed E-state index contributed by atoms with van der Waals surface area (Å²) in [4.78, 5) is 11.4. The number of carboxylic acids is 1. The molecule has 0 heterocycles. The highest BCUT2D eigenvalue weighted by atomic mass is 16.5. The van der Waals surface area contributed by atoms with Crippen LogP contribution in [0.1, 0.15) is 37.3 Å². The Kier molecular flexibility index (Phi) is 4.27. The Morgan fingerprint density at radius 1 is 1.42 bits per heavy atom. The molecule has 1 fully saturated rings. The molecule has 1 atom stereocenters. The van der Waals surface area contributed by atoms with Crippen molar-refractivity contribution in [2.75, 3.05) is 7.11 Å². The summed E-state index contributed by atoms with van der Waals surface area (Å²) >= 11 is 0. The van der Waals surface area contributed by atoms with Crippen LogP contribution in [0.5, 0.6) is 11.5 Å². The Bertz CT molecular complexity index is 455. The van der Waals surface area contributed by atoms with Crippen molar-refractivity contribution in [1.29, 1.82) is 0 Å². The summed E-state index contributed by atoms with van der Waals surface area (Å²) in [7, 11) is 1.44. The van der Waals surface area contributed by atoms with Gasteiger partial charge in [-0.1, -0.05) is 18.9 Å². The standard InChI is InChI=1S/C14H19NO4/c1-19-12-8-9(6-7-11(12)16)13(14(17)18)15-10-4-2-3-5-10/h6-8,10,13,15-16H,2-5H2,1H3,(H,17,18). The predicted octanol–water partition coefficient (Wildman–Crippen LogP) is 2.06. The molecule has 0 aliphatic heterocycles. The van der Waals surface area contributed by atoms with Gasteiger partial charge in [0.1, 0.15) is 6.04 Å². The van der Waals surface area contributed by atoms with Crippen molar-refractivity contribution in [3.05, 3.63) is 23.8 Å². The van der Waals surface area contributed by atoms with Gasteiger partial charge in [0, 0.05) is 6.04 Å². The summed E-state index contributed by atoms with van der Waals surface area (Å²) in [5, 5.41) is 22.1. The van der Waals surface area contributed by atoms with E-state index in [4.69, 9.17) is 4.74 Å². The molecule has 104 valence electrons. The molecule has 1 aliphatic carbocycles. The van der Waals surface area contributed by atoms with Gasteiger partial charge in [-0.15, -0.1) is 0 Å². The maximum absolute atomic E-state index is 11.4. The smallest absolute Gasteiger partial charge is 0.325 e. The van der Waals surface area contributed by atoms with Crippen molar-refractivity contribution in [2.45, 2.75) is 37.8 Å². The van der Waals surface area contributed by atoms with Crippen LogP contribution in [0.25, 0.3) is 0 Å². The number of aromatic hydroxyl groups is 1. The Balaban J connectivity index is 2.20. The van der Waals surface area contributed by atoms with E-state index >= 15 is 0 Å². The van der Waals surface area contributed by atoms with Crippen LogP contribution in [0, 0.1) is 0 Å². The minimum absolute atomic E-state index is 0.0104. The van der Waals surface area contributed by atoms with E-state index in [-0.39, 0.29) is 17.5 Å². The van der Waals surface area contributed by atoms with E-state index in [0.29, 0.717) is 5.56 Å². The first-order valence-corrected chi connectivity index (χ1v) is 6.47. The van der Waals surface area contributed by atoms with Gasteiger partial charge in [0.15, 0.2) is 11.5 Å². The van der Waals surface area contributed by atoms with Gasteiger partial charge in [-0.05, 0) is 30.5 Å².